The number of nitrogens with one attached hydrogen (secondary N) is 4. The molecule has 7 nitrogen and oxygen atoms in total. The van der Waals surface area contributed by atoms with Crippen LogP contribution in [0.3, 0.4) is 0 Å². The van der Waals surface area contributed by atoms with Crippen LogP contribution in [0, 0.1) is 20.8 Å². The minimum Gasteiger partial charge on any atom is -0.370 e. The Morgan fingerprint density at radius 1 is 0.960 bits per heavy atom. The molecule has 0 aliphatic carbocycles. The lowest BCUT2D eigenvalue weighted by Crippen LogP contribution is -2.32. The van der Waals surface area contributed by atoms with Crippen LogP contribution in [0.1, 0.15) is 23.9 Å². The predicted octanol–water partition coefficient (Wildman–Crippen LogP) is 3.07. The molecule has 0 unspecified atom stereocenters. The highest BCUT2D eigenvalue weighted by Gasteiger charge is 2.03. The van der Waals surface area contributed by atoms with Gasteiger partial charge >= 0.3 is 6.03 Å². The highest BCUT2D eigenvalue weighted by Crippen LogP contribution is 2.14. The summed E-state index contributed by atoms with van der Waals surface area (Å²) in [5.41, 5.74) is 3.14. The molecule has 0 saturated heterocycles. The zero-order valence-corrected chi connectivity index (χ0v) is 15.2. The molecular weight excluding hydrogens is 316 g/mol. The topological polar surface area (TPSA) is 91.0 Å². The van der Waals surface area contributed by atoms with E-state index < -0.39 is 0 Å². The van der Waals surface area contributed by atoms with Gasteiger partial charge < -0.3 is 21.3 Å². The number of hydrogen-bond acceptors (Lipinski definition) is 5. The van der Waals surface area contributed by atoms with Crippen LogP contribution in [0.4, 0.5) is 22.1 Å². The second-order valence-electron chi connectivity index (χ2n) is 5.82. The molecule has 0 fully saturated rings. The summed E-state index contributed by atoms with van der Waals surface area (Å²) < 4.78 is 0. The van der Waals surface area contributed by atoms with Crippen molar-refractivity contribution in [3.63, 3.8) is 0 Å². The lowest BCUT2D eigenvalue weighted by atomic mass is 10.1. The molecule has 0 aliphatic rings. The predicted molar refractivity (Wildman–Crippen MR) is 102 cm³/mol. The van der Waals surface area contributed by atoms with Crippen molar-refractivity contribution in [1.29, 1.82) is 0 Å². The number of nitrogens with zero attached hydrogens (tertiary/aromatic N) is 2. The number of hydrogen-bond donors (Lipinski definition) is 4. The van der Waals surface area contributed by atoms with Gasteiger partial charge in [-0.15, -0.1) is 0 Å². The number of carbonyl (C=O) groups excluding carboxylic acids is 1. The van der Waals surface area contributed by atoms with Crippen molar-refractivity contribution in [1.82, 2.24) is 15.3 Å². The van der Waals surface area contributed by atoms with Gasteiger partial charge in [0.1, 0.15) is 17.5 Å². The van der Waals surface area contributed by atoms with Gasteiger partial charge in [0.25, 0.3) is 0 Å². The third-order valence-corrected chi connectivity index (χ3v) is 3.68. The Bertz CT molecular complexity index is 732. The second-order valence-corrected chi connectivity index (χ2v) is 5.82. The molecule has 0 radical (unpaired) electrons. The van der Waals surface area contributed by atoms with Gasteiger partial charge in [0, 0.05) is 31.4 Å². The van der Waals surface area contributed by atoms with Gasteiger partial charge in [0.2, 0.25) is 0 Å². The van der Waals surface area contributed by atoms with Gasteiger partial charge in [-0.1, -0.05) is 6.07 Å². The van der Waals surface area contributed by atoms with E-state index in [0.717, 1.165) is 29.4 Å². The van der Waals surface area contributed by atoms with E-state index in [9.17, 15) is 4.79 Å². The molecule has 2 aromatic rings. The highest BCUT2D eigenvalue weighted by molar-refractivity contribution is 5.89. The summed E-state index contributed by atoms with van der Waals surface area (Å²) in [7, 11) is 0. The van der Waals surface area contributed by atoms with Crippen molar-refractivity contribution in [2.45, 2.75) is 27.7 Å². The summed E-state index contributed by atoms with van der Waals surface area (Å²) in [5, 5.41) is 12.0. The number of carbonyl (C=O) groups is 1. The summed E-state index contributed by atoms with van der Waals surface area (Å²) in [5.74, 6) is 2.22. The van der Waals surface area contributed by atoms with E-state index >= 15 is 0 Å². The van der Waals surface area contributed by atoms with Crippen LogP contribution in [0.25, 0.3) is 0 Å². The zero-order chi connectivity index (χ0) is 18.2. The molecule has 134 valence electrons. The Balaban J connectivity index is 1.77. The molecule has 4 N–H and O–H groups in total. The lowest BCUT2D eigenvalue weighted by Gasteiger charge is -2.11. The van der Waals surface area contributed by atoms with Gasteiger partial charge in [-0.25, -0.2) is 14.8 Å². The van der Waals surface area contributed by atoms with Crippen LogP contribution in [0.5, 0.6) is 0 Å². The summed E-state index contributed by atoms with van der Waals surface area (Å²) in [6.45, 7) is 9.79. The number of anilines is 3. The van der Waals surface area contributed by atoms with Gasteiger partial charge in [0.15, 0.2) is 0 Å². The quantitative estimate of drug-likeness (QED) is 0.581. The smallest absolute Gasteiger partial charge is 0.319 e. The number of benzene rings is 1. The maximum Gasteiger partial charge on any atom is 0.319 e. The van der Waals surface area contributed by atoms with Crippen LogP contribution in [-0.2, 0) is 0 Å². The minimum atomic E-state index is -0.225. The molecule has 0 atom stereocenters. The number of rotatable bonds is 7. The third kappa shape index (κ3) is 5.95. The molecule has 0 bridgehead atoms. The number of urea groups is 1. The summed E-state index contributed by atoms with van der Waals surface area (Å²) in [6, 6.07) is 7.47. The molecule has 0 spiro atoms. The maximum absolute atomic E-state index is 11.9. The van der Waals surface area contributed by atoms with Crippen molar-refractivity contribution in [3.05, 3.63) is 41.2 Å². The Morgan fingerprint density at radius 3 is 2.36 bits per heavy atom. The molecule has 2 amide bonds. The van der Waals surface area contributed by atoms with E-state index in [1.54, 1.807) is 0 Å². The lowest BCUT2D eigenvalue weighted by molar-refractivity contribution is 0.252. The van der Waals surface area contributed by atoms with E-state index in [-0.39, 0.29) is 6.03 Å². The Kier molecular flexibility index (Phi) is 6.56. The molecule has 25 heavy (non-hydrogen) atoms. The number of aromatic nitrogens is 2. The van der Waals surface area contributed by atoms with Crippen molar-refractivity contribution in [2.24, 2.45) is 0 Å². The summed E-state index contributed by atoms with van der Waals surface area (Å²) >= 11 is 0. The standard InChI is InChI=1S/C18H26N6O/c1-5-19-16-11-17(23-14(4)22-16)20-8-9-21-18(25)24-15-7-6-12(2)13(3)10-15/h6-7,10-11H,5,8-9H2,1-4H3,(H2,21,24,25)(H2,19,20,22,23). The normalized spacial score (nSPS) is 10.2. The fourth-order valence-corrected chi connectivity index (χ4v) is 2.29. The van der Waals surface area contributed by atoms with E-state index in [1.807, 2.05) is 52.0 Å². The first kappa shape index (κ1) is 18.5. The molecule has 7 heteroatoms. The molecule has 1 heterocycles. The summed E-state index contributed by atoms with van der Waals surface area (Å²) in [6.07, 6.45) is 0. The van der Waals surface area contributed by atoms with E-state index in [4.69, 9.17) is 0 Å². The van der Waals surface area contributed by atoms with Crippen molar-refractivity contribution >= 4 is 23.4 Å². The monoisotopic (exact) mass is 342 g/mol. The molecule has 0 saturated carbocycles. The fourth-order valence-electron chi connectivity index (χ4n) is 2.29. The van der Waals surface area contributed by atoms with Gasteiger partial charge in [-0.3, -0.25) is 0 Å². The number of amides is 2. The summed E-state index contributed by atoms with van der Waals surface area (Å²) in [4.78, 5) is 20.6. The van der Waals surface area contributed by atoms with Gasteiger partial charge in [0.05, 0.1) is 0 Å². The minimum absolute atomic E-state index is 0.225. The Morgan fingerprint density at radius 2 is 1.68 bits per heavy atom. The average Bonchev–Trinajstić information content (AvgIpc) is 2.55. The van der Waals surface area contributed by atoms with Gasteiger partial charge in [-0.2, -0.15) is 0 Å². The van der Waals surface area contributed by atoms with Crippen molar-refractivity contribution < 1.29 is 4.79 Å². The molecule has 0 aliphatic heterocycles. The first-order valence-electron chi connectivity index (χ1n) is 8.43. The zero-order valence-electron chi connectivity index (χ0n) is 15.2. The van der Waals surface area contributed by atoms with Crippen LogP contribution in [0.15, 0.2) is 24.3 Å². The first-order valence-corrected chi connectivity index (χ1v) is 8.43. The molecule has 2 rings (SSSR count). The second kappa shape index (κ2) is 8.86. The first-order chi connectivity index (χ1) is 12.0. The van der Waals surface area contributed by atoms with Crippen molar-refractivity contribution in [3.8, 4) is 0 Å². The molecular formula is C18H26N6O. The highest BCUT2D eigenvalue weighted by atomic mass is 16.2. The van der Waals surface area contributed by atoms with E-state index in [1.165, 1.54) is 5.56 Å². The van der Waals surface area contributed by atoms with Crippen LogP contribution in [0.2, 0.25) is 0 Å². The third-order valence-electron chi connectivity index (χ3n) is 3.68. The van der Waals surface area contributed by atoms with Crippen LogP contribution in [-0.4, -0.2) is 35.6 Å². The SMILES string of the molecule is CCNc1cc(NCCNC(=O)Nc2ccc(C)c(C)c2)nc(C)n1. The van der Waals surface area contributed by atoms with E-state index in [0.29, 0.717) is 18.9 Å². The van der Waals surface area contributed by atoms with Crippen LogP contribution < -0.4 is 21.3 Å². The van der Waals surface area contributed by atoms with Gasteiger partial charge in [-0.05, 0) is 51.0 Å². The fraction of sp³-hybridized carbons (Fsp3) is 0.389. The average molecular weight is 342 g/mol. The Labute approximate surface area is 148 Å². The Hall–Kier alpha value is -2.83. The molecule has 1 aromatic carbocycles. The molecule has 1 aromatic heterocycles. The maximum atomic E-state index is 11.9. The van der Waals surface area contributed by atoms with Crippen LogP contribution >= 0.6 is 0 Å². The van der Waals surface area contributed by atoms with E-state index in [2.05, 4.69) is 31.2 Å². The largest absolute Gasteiger partial charge is 0.370 e. The van der Waals surface area contributed by atoms with Crippen molar-refractivity contribution in [2.75, 3.05) is 35.6 Å². The number of aryl methyl sites for hydroxylation is 3.